The number of hydrogen-bond acceptors (Lipinski definition) is 4. The van der Waals surface area contributed by atoms with E-state index < -0.39 is 17.8 Å². The van der Waals surface area contributed by atoms with E-state index in [0.29, 0.717) is 25.3 Å². The molecule has 1 atom stereocenters. The van der Waals surface area contributed by atoms with Gasteiger partial charge in [0.05, 0.1) is 0 Å². The van der Waals surface area contributed by atoms with Gasteiger partial charge in [-0.15, -0.1) is 0 Å². The number of alkyl carbamates (subject to hydrolysis) is 1. The summed E-state index contributed by atoms with van der Waals surface area (Å²) >= 11 is 0. The highest BCUT2D eigenvalue weighted by atomic mass is 16.6. The van der Waals surface area contributed by atoms with Crippen molar-refractivity contribution in [2.24, 2.45) is 0 Å². The van der Waals surface area contributed by atoms with E-state index >= 15 is 0 Å². The highest BCUT2D eigenvalue weighted by Crippen LogP contribution is 2.22. The molecule has 0 aliphatic carbocycles. The monoisotopic (exact) mass is 384 g/mol. The Morgan fingerprint density at radius 3 is 2.07 bits per heavy atom. The van der Waals surface area contributed by atoms with Crippen LogP contribution in [0, 0.1) is 0 Å². The van der Waals surface area contributed by atoms with Gasteiger partial charge in [0.25, 0.3) is 5.91 Å². The second kappa shape index (κ2) is 10.3. The zero-order valence-corrected chi connectivity index (χ0v) is 16.6. The van der Waals surface area contributed by atoms with E-state index in [9.17, 15) is 9.59 Å². The summed E-state index contributed by atoms with van der Waals surface area (Å²) in [6.45, 7) is 6.25. The second-order valence-corrected chi connectivity index (χ2v) is 7.29. The number of para-hydroxylation sites is 1. The molecule has 0 heterocycles. The number of hydrogen-bond donors (Lipinski definition) is 2. The van der Waals surface area contributed by atoms with Crippen LogP contribution in [0.15, 0.2) is 60.7 Å². The number of rotatable bonds is 8. The van der Waals surface area contributed by atoms with Gasteiger partial charge in [-0.3, -0.25) is 4.79 Å². The van der Waals surface area contributed by atoms with E-state index in [1.807, 2.05) is 81.4 Å². The molecule has 1 unspecified atom stereocenters. The Morgan fingerprint density at radius 1 is 0.893 bits per heavy atom. The zero-order chi connectivity index (χ0) is 20.4. The first-order chi connectivity index (χ1) is 13.3. The summed E-state index contributed by atoms with van der Waals surface area (Å²) in [5, 5.41) is 5.54. The summed E-state index contributed by atoms with van der Waals surface area (Å²) in [7, 11) is 0. The van der Waals surface area contributed by atoms with Crippen molar-refractivity contribution in [3.8, 4) is 5.75 Å². The lowest BCUT2D eigenvalue weighted by Crippen LogP contribution is -2.36. The molecule has 2 amide bonds. The Labute approximate surface area is 166 Å². The molecule has 0 saturated heterocycles. The molecule has 0 saturated carbocycles. The minimum atomic E-state index is -0.748. The summed E-state index contributed by atoms with van der Waals surface area (Å²) in [5.41, 5.74) is 0.242. The number of benzene rings is 2. The Balaban J connectivity index is 1.85. The van der Waals surface area contributed by atoms with E-state index in [-0.39, 0.29) is 5.91 Å². The molecular formula is C22H28N2O4. The SMILES string of the molecule is CC(C)(C)OC(=O)NCCCNC(=O)C(Oc1ccccc1)c1ccccc1. The molecule has 0 aliphatic heterocycles. The highest BCUT2D eigenvalue weighted by Gasteiger charge is 2.22. The summed E-state index contributed by atoms with van der Waals surface area (Å²) < 4.78 is 11.1. The van der Waals surface area contributed by atoms with Crippen LogP contribution in [-0.2, 0) is 9.53 Å². The fourth-order valence-electron chi connectivity index (χ4n) is 2.43. The number of carbonyl (C=O) groups is 2. The van der Waals surface area contributed by atoms with Gasteiger partial charge in [-0.1, -0.05) is 48.5 Å². The van der Waals surface area contributed by atoms with E-state index in [4.69, 9.17) is 9.47 Å². The largest absolute Gasteiger partial charge is 0.476 e. The van der Waals surface area contributed by atoms with Gasteiger partial charge >= 0.3 is 6.09 Å². The molecule has 0 fully saturated rings. The molecule has 150 valence electrons. The maximum atomic E-state index is 12.7. The van der Waals surface area contributed by atoms with Crippen molar-refractivity contribution in [1.29, 1.82) is 0 Å². The molecule has 0 radical (unpaired) electrons. The normalized spacial score (nSPS) is 12.0. The standard InChI is InChI=1S/C22H28N2O4/c1-22(2,3)28-21(26)24-16-10-15-23-20(25)19(17-11-6-4-7-12-17)27-18-13-8-5-9-14-18/h4-9,11-14,19H,10,15-16H2,1-3H3,(H,23,25)(H,24,26). The molecule has 0 bridgehead atoms. The second-order valence-electron chi connectivity index (χ2n) is 7.29. The number of amides is 2. The van der Waals surface area contributed by atoms with Crippen molar-refractivity contribution < 1.29 is 19.1 Å². The molecule has 6 heteroatoms. The Bertz CT molecular complexity index is 742. The fourth-order valence-corrected chi connectivity index (χ4v) is 2.43. The first kappa shape index (κ1) is 21.3. The van der Waals surface area contributed by atoms with Gasteiger partial charge in [0, 0.05) is 18.7 Å². The minimum absolute atomic E-state index is 0.229. The zero-order valence-electron chi connectivity index (χ0n) is 16.6. The Hall–Kier alpha value is -3.02. The maximum absolute atomic E-state index is 12.7. The topological polar surface area (TPSA) is 76.7 Å². The van der Waals surface area contributed by atoms with Crippen LogP contribution in [0.4, 0.5) is 4.79 Å². The van der Waals surface area contributed by atoms with Crippen molar-refractivity contribution >= 4 is 12.0 Å². The van der Waals surface area contributed by atoms with Crippen LogP contribution in [0.1, 0.15) is 38.9 Å². The average molecular weight is 384 g/mol. The van der Waals surface area contributed by atoms with Gasteiger partial charge < -0.3 is 20.1 Å². The van der Waals surface area contributed by atoms with Gasteiger partial charge in [0.15, 0.2) is 0 Å². The first-order valence-electron chi connectivity index (χ1n) is 9.36. The third-order valence-corrected chi connectivity index (χ3v) is 3.66. The molecule has 2 aromatic carbocycles. The van der Waals surface area contributed by atoms with E-state index in [2.05, 4.69) is 10.6 Å². The van der Waals surface area contributed by atoms with Crippen LogP contribution >= 0.6 is 0 Å². The summed E-state index contributed by atoms with van der Waals surface area (Å²) in [4.78, 5) is 24.3. The van der Waals surface area contributed by atoms with Crippen LogP contribution in [0.2, 0.25) is 0 Å². The van der Waals surface area contributed by atoms with E-state index in [0.717, 1.165) is 5.56 Å². The Morgan fingerprint density at radius 2 is 1.46 bits per heavy atom. The number of carbonyl (C=O) groups excluding carboxylic acids is 2. The Kier molecular flexibility index (Phi) is 7.87. The van der Waals surface area contributed by atoms with E-state index in [1.165, 1.54) is 0 Å². The molecule has 0 aromatic heterocycles. The predicted molar refractivity (Wildman–Crippen MR) is 108 cm³/mol. The van der Waals surface area contributed by atoms with Crippen molar-refractivity contribution in [2.45, 2.75) is 38.9 Å². The molecule has 2 rings (SSSR count). The third-order valence-electron chi connectivity index (χ3n) is 3.66. The lowest BCUT2D eigenvalue weighted by Gasteiger charge is -2.20. The number of ether oxygens (including phenoxy) is 2. The maximum Gasteiger partial charge on any atom is 0.407 e. The van der Waals surface area contributed by atoms with Gasteiger partial charge in [0.1, 0.15) is 11.4 Å². The fraction of sp³-hybridized carbons (Fsp3) is 0.364. The van der Waals surface area contributed by atoms with Gasteiger partial charge in [0.2, 0.25) is 6.10 Å². The highest BCUT2D eigenvalue weighted by molar-refractivity contribution is 5.82. The van der Waals surface area contributed by atoms with Crippen LogP contribution < -0.4 is 15.4 Å². The van der Waals surface area contributed by atoms with Gasteiger partial charge in [-0.25, -0.2) is 4.79 Å². The van der Waals surface area contributed by atoms with Crippen LogP contribution in [-0.4, -0.2) is 30.7 Å². The van der Waals surface area contributed by atoms with E-state index in [1.54, 1.807) is 0 Å². The van der Waals surface area contributed by atoms with Crippen molar-refractivity contribution in [3.63, 3.8) is 0 Å². The first-order valence-corrected chi connectivity index (χ1v) is 9.36. The molecule has 28 heavy (non-hydrogen) atoms. The van der Waals surface area contributed by atoms with Crippen LogP contribution in [0.25, 0.3) is 0 Å². The summed E-state index contributed by atoms with van der Waals surface area (Å²) in [6.07, 6.45) is -0.631. The van der Waals surface area contributed by atoms with Crippen molar-refractivity contribution in [1.82, 2.24) is 10.6 Å². The van der Waals surface area contributed by atoms with Crippen LogP contribution in [0.3, 0.4) is 0 Å². The quantitative estimate of drug-likeness (QED) is 0.678. The lowest BCUT2D eigenvalue weighted by molar-refractivity contribution is -0.128. The predicted octanol–water partition coefficient (Wildman–Crippen LogP) is 3.84. The summed E-state index contributed by atoms with van der Waals surface area (Å²) in [5.74, 6) is 0.394. The van der Waals surface area contributed by atoms with Gasteiger partial charge in [-0.2, -0.15) is 0 Å². The summed E-state index contributed by atoms with van der Waals surface area (Å²) in [6, 6.07) is 18.6. The number of nitrogens with one attached hydrogen (secondary N) is 2. The third kappa shape index (κ3) is 7.70. The lowest BCUT2D eigenvalue weighted by atomic mass is 10.1. The molecule has 6 nitrogen and oxygen atoms in total. The smallest absolute Gasteiger partial charge is 0.407 e. The minimum Gasteiger partial charge on any atom is -0.476 e. The average Bonchev–Trinajstić information content (AvgIpc) is 2.66. The van der Waals surface area contributed by atoms with Crippen molar-refractivity contribution in [2.75, 3.05) is 13.1 Å². The molecule has 0 aliphatic rings. The molecule has 2 N–H and O–H groups in total. The van der Waals surface area contributed by atoms with Crippen molar-refractivity contribution in [3.05, 3.63) is 66.2 Å². The molecular weight excluding hydrogens is 356 g/mol. The molecule has 0 spiro atoms. The molecule has 2 aromatic rings. The van der Waals surface area contributed by atoms with Crippen LogP contribution in [0.5, 0.6) is 5.75 Å². The van der Waals surface area contributed by atoms with Gasteiger partial charge in [-0.05, 0) is 39.3 Å².